The Morgan fingerprint density at radius 2 is 1.96 bits per heavy atom. The van der Waals surface area contributed by atoms with Crippen molar-refractivity contribution in [3.05, 3.63) is 64.3 Å². The molecule has 0 aliphatic heterocycles. The number of aromatic nitrogens is 2. The van der Waals surface area contributed by atoms with Crippen LogP contribution in [0.5, 0.6) is 0 Å². The Morgan fingerprint density at radius 3 is 2.65 bits per heavy atom. The minimum atomic E-state index is -0.319. The molecule has 1 fully saturated rings. The van der Waals surface area contributed by atoms with Gasteiger partial charge in [-0.3, -0.25) is 4.79 Å². The van der Waals surface area contributed by atoms with Crippen molar-refractivity contribution < 1.29 is 9.52 Å². The van der Waals surface area contributed by atoms with Gasteiger partial charge in [0.25, 0.3) is 5.56 Å². The van der Waals surface area contributed by atoms with Crippen molar-refractivity contribution in [3.8, 4) is 11.1 Å². The highest BCUT2D eigenvalue weighted by atomic mass is 16.4. The van der Waals surface area contributed by atoms with E-state index in [9.17, 15) is 9.90 Å². The molecule has 4 aromatic rings. The van der Waals surface area contributed by atoms with Crippen molar-refractivity contribution in [1.29, 1.82) is 0 Å². The molecular weight excluding hydrogens is 328 g/mol. The highest BCUT2D eigenvalue weighted by Crippen LogP contribution is 2.40. The standard InChI is InChI=1S/C21H18N2O3/c1-12-15(13-5-3-2-4-6-13)9-10-16-19(12)23(14-7-8-14)21(25)18-20(16)26-17(11-24)22-18/h2-6,9-10,14,24H,7-8,11H2,1H3. The van der Waals surface area contributed by atoms with Gasteiger partial charge < -0.3 is 14.1 Å². The number of rotatable bonds is 3. The van der Waals surface area contributed by atoms with Crippen LogP contribution in [0.3, 0.4) is 0 Å². The fraction of sp³-hybridized carbons (Fsp3) is 0.238. The van der Waals surface area contributed by atoms with E-state index in [-0.39, 0.29) is 24.1 Å². The predicted octanol–water partition coefficient (Wildman–Crippen LogP) is 3.95. The molecule has 1 aliphatic carbocycles. The molecule has 0 atom stereocenters. The molecule has 1 N–H and O–H groups in total. The molecule has 0 amide bonds. The van der Waals surface area contributed by atoms with Crippen LogP contribution in [0.25, 0.3) is 33.1 Å². The minimum absolute atomic E-state index is 0.133. The summed E-state index contributed by atoms with van der Waals surface area (Å²) in [6, 6.07) is 14.4. The van der Waals surface area contributed by atoms with Gasteiger partial charge in [0.2, 0.25) is 5.89 Å². The summed E-state index contributed by atoms with van der Waals surface area (Å²) >= 11 is 0. The van der Waals surface area contributed by atoms with Crippen LogP contribution in [0.15, 0.2) is 51.7 Å². The van der Waals surface area contributed by atoms with Crippen LogP contribution < -0.4 is 5.56 Å². The van der Waals surface area contributed by atoms with E-state index in [1.54, 1.807) is 0 Å². The first-order valence-corrected chi connectivity index (χ1v) is 8.82. The molecule has 2 aromatic carbocycles. The largest absolute Gasteiger partial charge is 0.437 e. The van der Waals surface area contributed by atoms with Gasteiger partial charge in [-0.25, -0.2) is 4.98 Å². The number of hydrogen-bond donors (Lipinski definition) is 1. The first-order chi connectivity index (χ1) is 12.7. The Bertz CT molecular complexity index is 1200. The van der Waals surface area contributed by atoms with Crippen molar-refractivity contribution in [3.63, 3.8) is 0 Å². The number of oxazole rings is 1. The lowest BCUT2D eigenvalue weighted by Crippen LogP contribution is -2.20. The van der Waals surface area contributed by atoms with Gasteiger partial charge in [0.05, 0.1) is 5.52 Å². The maximum Gasteiger partial charge on any atom is 0.281 e. The second-order valence-electron chi connectivity index (χ2n) is 6.85. The maximum atomic E-state index is 13.1. The van der Waals surface area contributed by atoms with E-state index in [1.807, 2.05) is 28.8 Å². The molecule has 0 radical (unpaired) electrons. The number of nitrogens with zero attached hydrogens (tertiary/aromatic N) is 2. The summed E-state index contributed by atoms with van der Waals surface area (Å²) in [5, 5.41) is 10.2. The fourth-order valence-corrected chi connectivity index (χ4v) is 3.78. The van der Waals surface area contributed by atoms with Crippen molar-refractivity contribution in [2.45, 2.75) is 32.4 Å². The smallest absolute Gasteiger partial charge is 0.281 e. The van der Waals surface area contributed by atoms with Gasteiger partial charge in [0.15, 0.2) is 11.1 Å². The van der Waals surface area contributed by atoms with Gasteiger partial charge in [0, 0.05) is 11.4 Å². The number of benzene rings is 2. The van der Waals surface area contributed by atoms with E-state index in [4.69, 9.17) is 4.42 Å². The summed E-state index contributed by atoms with van der Waals surface area (Å²) in [4.78, 5) is 17.3. The average Bonchev–Trinajstić information content (AvgIpc) is 3.40. The van der Waals surface area contributed by atoms with Gasteiger partial charge in [-0.05, 0) is 42.5 Å². The minimum Gasteiger partial charge on any atom is -0.437 e. The van der Waals surface area contributed by atoms with Crippen LogP contribution in [0.1, 0.15) is 30.3 Å². The van der Waals surface area contributed by atoms with Crippen LogP contribution in [-0.2, 0) is 6.61 Å². The topological polar surface area (TPSA) is 68.3 Å². The first kappa shape index (κ1) is 15.3. The third-order valence-corrected chi connectivity index (χ3v) is 5.14. The lowest BCUT2D eigenvalue weighted by Gasteiger charge is -2.15. The Kier molecular flexibility index (Phi) is 3.27. The Balaban J connectivity index is 1.93. The molecule has 2 heterocycles. The number of aryl methyl sites for hydroxylation is 1. The predicted molar refractivity (Wildman–Crippen MR) is 100 cm³/mol. The van der Waals surface area contributed by atoms with Crippen LogP contribution in [0.2, 0.25) is 0 Å². The fourth-order valence-electron chi connectivity index (χ4n) is 3.78. The average molecular weight is 346 g/mol. The summed E-state index contributed by atoms with van der Waals surface area (Å²) in [6.07, 6.45) is 2.00. The van der Waals surface area contributed by atoms with E-state index in [0.29, 0.717) is 11.1 Å². The van der Waals surface area contributed by atoms with Crippen molar-refractivity contribution in [2.24, 2.45) is 0 Å². The third kappa shape index (κ3) is 2.14. The van der Waals surface area contributed by atoms with Gasteiger partial charge in [-0.2, -0.15) is 0 Å². The SMILES string of the molecule is Cc1c(-c2ccccc2)ccc2c3oc(CO)nc3c(=O)n(C3CC3)c12. The summed E-state index contributed by atoms with van der Waals surface area (Å²) in [5.41, 5.74) is 4.83. The number of pyridine rings is 1. The molecule has 26 heavy (non-hydrogen) atoms. The molecule has 5 heteroatoms. The highest BCUT2D eigenvalue weighted by molar-refractivity contribution is 6.04. The lowest BCUT2D eigenvalue weighted by atomic mass is 9.97. The number of aliphatic hydroxyl groups is 1. The maximum absolute atomic E-state index is 13.1. The van der Waals surface area contributed by atoms with E-state index < -0.39 is 0 Å². The van der Waals surface area contributed by atoms with Crippen LogP contribution in [-0.4, -0.2) is 14.7 Å². The third-order valence-electron chi connectivity index (χ3n) is 5.14. The zero-order valence-corrected chi connectivity index (χ0v) is 14.4. The number of aliphatic hydroxyl groups excluding tert-OH is 1. The van der Waals surface area contributed by atoms with Crippen molar-refractivity contribution in [1.82, 2.24) is 9.55 Å². The van der Waals surface area contributed by atoms with Gasteiger partial charge in [-0.1, -0.05) is 36.4 Å². The highest BCUT2D eigenvalue weighted by Gasteiger charge is 2.30. The molecule has 0 spiro atoms. The van der Waals surface area contributed by atoms with Crippen molar-refractivity contribution in [2.75, 3.05) is 0 Å². The monoisotopic (exact) mass is 346 g/mol. The molecule has 2 aromatic heterocycles. The molecular formula is C21H18N2O3. The normalized spacial score (nSPS) is 14.4. The molecule has 0 bridgehead atoms. The van der Waals surface area contributed by atoms with Crippen molar-refractivity contribution >= 4 is 22.0 Å². The van der Waals surface area contributed by atoms with Gasteiger partial charge in [0.1, 0.15) is 6.61 Å². The zero-order chi connectivity index (χ0) is 17.8. The van der Waals surface area contributed by atoms with Crippen LogP contribution in [0, 0.1) is 6.92 Å². The molecule has 0 unspecified atom stereocenters. The van der Waals surface area contributed by atoms with Crippen LogP contribution >= 0.6 is 0 Å². The number of fused-ring (bicyclic) bond motifs is 3. The Morgan fingerprint density at radius 1 is 1.19 bits per heavy atom. The first-order valence-electron chi connectivity index (χ1n) is 8.82. The van der Waals surface area contributed by atoms with Crippen LogP contribution in [0.4, 0.5) is 0 Å². The zero-order valence-electron chi connectivity index (χ0n) is 14.4. The summed E-state index contributed by atoms with van der Waals surface area (Å²) in [6.45, 7) is 1.73. The molecule has 0 saturated heterocycles. The lowest BCUT2D eigenvalue weighted by molar-refractivity contribution is 0.244. The quantitative estimate of drug-likeness (QED) is 0.610. The van der Waals surface area contributed by atoms with E-state index in [1.165, 1.54) is 0 Å². The second-order valence-corrected chi connectivity index (χ2v) is 6.85. The Hall–Kier alpha value is -2.92. The molecule has 1 aliphatic rings. The Labute approximate surface area is 149 Å². The van der Waals surface area contributed by atoms with E-state index in [2.05, 4.69) is 30.1 Å². The number of hydrogen-bond acceptors (Lipinski definition) is 4. The molecule has 1 saturated carbocycles. The van der Waals surface area contributed by atoms with Gasteiger partial charge >= 0.3 is 0 Å². The summed E-state index contributed by atoms with van der Waals surface area (Å²) in [7, 11) is 0. The summed E-state index contributed by atoms with van der Waals surface area (Å²) < 4.78 is 7.57. The molecule has 5 nitrogen and oxygen atoms in total. The second kappa shape index (κ2) is 5.54. The van der Waals surface area contributed by atoms with Gasteiger partial charge in [-0.15, -0.1) is 0 Å². The molecule has 130 valence electrons. The van der Waals surface area contributed by atoms with E-state index >= 15 is 0 Å². The molecule has 5 rings (SSSR count). The summed E-state index contributed by atoms with van der Waals surface area (Å²) in [5.74, 6) is 0.178. The van der Waals surface area contributed by atoms with E-state index in [0.717, 1.165) is 40.4 Å².